The highest BCUT2D eigenvalue weighted by Crippen LogP contribution is 2.41. The van der Waals surface area contributed by atoms with E-state index in [1.54, 1.807) is 0 Å². The van der Waals surface area contributed by atoms with Crippen molar-refractivity contribution in [3.63, 3.8) is 0 Å². The fraction of sp³-hybridized carbons (Fsp3) is 0. The molecule has 7 aromatic rings. The van der Waals surface area contributed by atoms with Gasteiger partial charge in [0.1, 0.15) is 0 Å². The fourth-order valence-corrected chi connectivity index (χ4v) is 5.39. The van der Waals surface area contributed by atoms with E-state index in [2.05, 4.69) is 118 Å². The first-order valence-corrected chi connectivity index (χ1v) is 11.6. The Hall–Kier alpha value is -4.28. The van der Waals surface area contributed by atoms with Crippen molar-refractivity contribution >= 4 is 56.6 Å². The van der Waals surface area contributed by atoms with Crippen LogP contribution in [-0.4, -0.2) is 21.6 Å². The van der Waals surface area contributed by atoms with E-state index in [0.717, 1.165) is 27.7 Å². The predicted octanol–water partition coefficient (Wildman–Crippen LogP) is 5.85. The van der Waals surface area contributed by atoms with Gasteiger partial charge in [0, 0.05) is 32.9 Å². The third-order valence-electron chi connectivity index (χ3n) is 6.84. The van der Waals surface area contributed by atoms with Crippen LogP contribution in [0.25, 0.3) is 55.0 Å². The van der Waals surface area contributed by atoms with Gasteiger partial charge in [-0.05, 0) is 36.4 Å². The average Bonchev–Trinajstić information content (AvgIpc) is 3.42. The van der Waals surface area contributed by atoms with Gasteiger partial charge in [0.15, 0.2) is 0 Å². The smallest absolute Gasteiger partial charge is 0.304 e. The lowest BCUT2D eigenvalue weighted by Crippen LogP contribution is -2.12. The van der Waals surface area contributed by atoms with Crippen LogP contribution in [0, 0.1) is 0 Å². The van der Waals surface area contributed by atoms with E-state index in [4.69, 9.17) is 0 Å². The number of rotatable bonds is 3. The monoisotopic (exact) mass is 436 g/mol. The first kappa shape index (κ1) is 19.2. The first-order valence-electron chi connectivity index (χ1n) is 11.6. The minimum absolute atomic E-state index is 0.0282. The Kier molecular flexibility index (Phi) is 4.17. The van der Waals surface area contributed by atoms with E-state index in [0.29, 0.717) is 0 Å². The Labute approximate surface area is 197 Å². The zero-order valence-electron chi connectivity index (χ0n) is 18.5. The van der Waals surface area contributed by atoms with Gasteiger partial charge >= 0.3 is 7.48 Å². The minimum Gasteiger partial charge on any atom is -0.449 e. The standard InChI is InChI=1S/C30H21BN2O/c34-31-20-15-18-28-26(19-20)25-17-16-24-23-13-7-8-14-27(23)32(21-9-3-1-4-10-21)29(24)30(25)33(28)22-11-5-2-6-12-22/h1-19,31,34H. The molecule has 0 amide bonds. The van der Waals surface area contributed by atoms with Crippen molar-refractivity contribution in [2.24, 2.45) is 0 Å². The van der Waals surface area contributed by atoms with Crippen LogP contribution < -0.4 is 5.46 Å². The third-order valence-corrected chi connectivity index (χ3v) is 6.84. The van der Waals surface area contributed by atoms with Crippen molar-refractivity contribution in [2.45, 2.75) is 0 Å². The lowest BCUT2D eigenvalue weighted by molar-refractivity contribution is 0.615. The second-order valence-electron chi connectivity index (χ2n) is 8.73. The molecule has 160 valence electrons. The number of benzene rings is 5. The Morgan fingerprint density at radius 3 is 1.62 bits per heavy atom. The van der Waals surface area contributed by atoms with Crippen molar-refractivity contribution in [1.82, 2.24) is 9.13 Å². The van der Waals surface area contributed by atoms with Crippen molar-refractivity contribution < 1.29 is 5.02 Å². The van der Waals surface area contributed by atoms with E-state index in [9.17, 15) is 5.02 Å². The molecule has 3 nitrogen and oxygen atoms in total. The molecule has 7 rings (SSSR count). The number of aromatic nitrogens is 2. The maximum Gasteiger partial charge on any atom is 0.304 e. The largest absolute Gasteiger partial charge is 0.449 e. The third kappa shape index (κ3) is 2.63. The van der Waals surface area contributed by atoms with Gasteiger partial charge in [0.25, 0.3) is 0 Å². The number of para-hydroxylation sites is 3. The molecule has 0 spiro atoms. The molecule has 0 aliphatic heterocycles. The summed E-state index contributed by atoms with van der Waals surface area (Å²) >= 11 is 0. The molecule has 0 bridgehead atoms. The van der Waals surface area contributed by atoms with Crippen LogP contribution in [-0.2, 0) is 0 Å². The number of fused-ring (bicyclic) bond motifs is 7. The van der Waals surface area contributed by atoms with Gasteiger partial charge in [0.2, 0.25) is 0 Å². The molecule has 5 aromatic carbocycles. The Morgan fingerprint density at radius 1 is 0.471 bits per heavy atom. The van der Waals surface area contributed by atoms with Crippen molar-refractivity contribution in [2.75, 3.05) is 0 Å². The van der Waals surface area contributed by atoms with Crippen LogP contribution in [0.5, 0.6) is 0 Å². The summed E-state index contributed by atoms with van der Waals surface area (Å²) in [7, 11) is 0.0282. The molecule has 0 saturated carbocycles. The van der Waals surface area contributed by atoms with Crippen molar-refractivity contribution in [1.29, 1.82) is 0 Å². The van der Waals surface area contributed by atoms with Crippen LogP contribution >= 0.6 is 0 Å². The van der Waals surface area contributed by atoms with E-state index in [-0.39, 0.29) is 7.48 Å². The van der Waals surface area contributed by atoms with Gasteiger partial charge in [-0.25, -0.2) is 0 Å². The van der Waals surface area contributed by atoms with Gasteiger partial charge in [0.05, 0.1) is 22.1 Å². The molecule has 0 unspecified atom stereocenters. The second-order valence-corrected chi connectivity index (χ2v) is 8.73. The highest BCUT2D eigenvalue weighted by Gasteiger charge is 2.21. The lowest BCUT2D eigenvalue weighted by Gasteiger charge is -2.12. The summed E-state index contributed by atoms with van der Waals surface area (Å²) in [5.74, 6) is 0. The SMILES string of the molecule is OBc1ccc2c(c1)c1ccc3c4ccccc4n(-c4ccccc4)c3c1n2-c1ccccc1. The molecule has 0 fully saturated rings. The quantitative estimate of drug-likeness (QED) is 0.346. The summed E-state index contributed by atoms with van der Waals surface area (Å²) in [5, 5.41) is 14.6. The molecule has 0 atom stereocenters. The molecule has 1 N–H and O–H groups in total. The molecule has 0 aliphatic rings. The molecule has 4 heteroatoms. The van der Waals surface area contributed by atoms with E-state index < -0.39 is 0 Å². The fourth-order valence-electron chi connectivity index (χ4n) is 5.39. The summed E-state index contributed by atoms with van der Waals surface area (Å²) in [6.07, 6.45) is 0. The molecular weight excluding hydrogens is 415 g/mol. The highest BCUT2D eigenvalue weighted by molar-refractivity contribution is 6.46. The summed E-state index contributed by atoms with van der Waals surface area (Å²) in [4.78, 5) is 0. The van der Waals surface area contributed by atoms with E-state index in [1.807, 2.05) is 6.07 Å². The molecule has 34 heavy (non-hydrogen) atoms. The molecular formula is C30H21BN2O. The van der Waals surface area contributed by atoms with Gasteiger partial charge in [-0.1, -0.05) is 84.3 Å². The van der Waals surface area contributed by atoms with Crippen LogP contribution in [0.4, 0.5) is 0 Å². The zero-order valence-corrected chi connectivity index (χ0v) is 18.5. The minimum atomic E-state index is 0.0282. The molecule has 0 radical (unpaired) electrons. The predicted molar refractivity (Wildman–Crippen MR) is 144 cm³/mol. The van der Waals surface area contributed by atoms with Crippen molar-refractivity contribution in [3.05, 3.63) is 115 Å². The lowest BCUT2D eigenvalue weighted by atomic mass is 9.88. The maximum absolute atomic E-state index is 9.84. The highest BCUT2D eigenvalue weighted by atomic mass is 16.2. The van der Waals surface area contributed by atoms with Gasteiger partial charge in [-0.15, -0.1) is 0 Å². The van der Waals surface area contributed by atoms with Gasteiger partial charge in [-0.3, -0.25) is 0 Å². The molecule has 2 aromatic heterocycles. The van der Waals surface area contributed by atoms with Crippen molar-refractivity contribution in [3.8, 4) is 11.4 Å². The number of hydrogen-bond acceptors (Lipinski definition) is 1. The Balaban J connectivity index is 1.78. The van der Waals surface area contributed by atoms with Crippen LogP contribution in [0.2, 0.25) is 0 Å². The molecule has 0 aliphatic carbocycles. The maximum atomic E-state index is 9.84. The summed E-state index contributed by atoms with van der Waals surface area (Å²) < 4.78 is 4.75. The Bertz CT molecular complexity index is 1830. The Morgan fingerprint density at radius 2 is 1.00 bits per heavy atom. The topological polar surface area (TPSA) is 30.1 Å². The van der Waals surface area contributed by atoms with Crippen LogP contribution in [0.15, 0.2) is 115 Å². The number of nitrogens with zero attached hydrogens (tertiary/aromatic N) is 2. The first-order chi connectivity index (χ1) is 16.8. The van der Waals surface area contributed by atoms with E-state index in [1.165, 1.54) is 32.7 Å². The zero-order chi connectivity index (χ0) is 22.6. The summed E-state index contributed by atoms with van der Waals surface area (Å²) in [6.45, 7) is 0. The van der Waals surface area contributed by atoms with E-state index >= 15 is 0 Å². The normalized spacial score (nSPS) is 11.7. The number of hydrogen-bond donors (Lipinski definition) is 1. The average molecular weight is 436 g/mol. The van der Waals surface area contributed by atoms with Crippen LogP contribution in [0.3, 0.4) is 0 Å². The molecule has 0 saturated heterocycles. The summed E-state index contributed by atoms with van der Waals surface area (Å²) in [5.41, 5.74) is 7.87. The van der Waals surface area contributed by atoms with Gasteiger partial charge < -0.3 is 14.2 Å². The van der Waals surface area contributed by atoms with Crippen LogP contribution in [0.1, 0.15) is 0 Å². The molecule has 2 heterocycles. The van der Waals surface area contributed by atoms with Gasteiger partial charge in [-0.2, -0.15) is 0 Å². The summed E-state index contributed by atoms with van der Waals surface area (Å²) in [6, 6.07) is 40.5. The second kappa shape index (κ2) is 7.37.